The van der Waals surface area contributed by atoms with Crippen LogP contribution in [0.1, 0.15) is 25.7 Å². The van der Waals surface area contributed by atoms with Crippen molar-refractivity contribution in [1.82, 2.24) is 9.62 Å². The molecular weight excluding hydrogens is 352 g/mol. The first-order valence-electron chi connectivity index (χ1n) is 8.13. The summed E-state index contributed by atoms with van der Waals surface area (Å²) < 4.78 is 31.9. The Hall–Kier alpha value is -1.31. The van der Waals surface area contributed by atoms with Gasteiger partial charge in [0.2, 0.25) is 15.9 Å². The van der Waals surface area contributed by atoms with Gasteiger partial charge in [-0.1, -0.05) is 23.7 Å². The van der Waals surface area contributed by atoms with Crippen LogP contribution < -0.4 is 9.46 Å². The summed E-state index contributed by atoms with van der Waals surface area (Å²) in [4.78, 5) is 13.9. The van der Waals surface area contributed by atoms with Crippen molar-refractivity contribution in [1.29, 1.82) is 0 Å². The number of hydrogen-bond acceptors (Lipinski definition) is 4. The van der Waals surface area contributed by atoms with E-state index in [0.29, 0.717) is 36.7 Å². The smallest absolute Gasteiger partial charge is 0.237 e. The molecule has 1 atom stereocenters. The molecule has 6 nitrogen and oxygen atoms in total. The van der Waals surface area contributed by atoms with Crippen molar-refractivity contribution in [2.24, 2.45) is 0 Å². The van der Waals surface area contributed by atoms with Crippen LogP contribution in [0, 0.1) is 0 Å². The zero-order chi connectivity index (χ0) is 17.2. The first kappa shape index (κ1) is 17.5. The van der Waals surface area contributed by atoms with Gasteiger partial charge in [-0.3, -0.25) is 4.79 Å². The number of carbonyl (C=O) groups is 1. The molecule has 1 aliphatic heterocycles. The number of halogens is 1. The van der Waals surface area contributed by atoms with E-state index in [4.69, 9.17) is 16.3 Å². The fraction of sp³-hybridized carbons (Fsp3) is 0.562. The molecule has 1 saturated heterocycles. The number of likely N-dealkylation sites (tertiary alicyclic amines) is 1. The number of nitrogens with zero attached hydrogens (tertiary/aromatic N) is 1. The van der Waals surface area contributed by atoms with Crippen molar-refractivity contribution in [3.63, 3.8) is 0 Å². The highest BCUT2D eigenvalue weighted by atomic mass is 35.5. The van der Waals surface area contributed by atoms with Gasteiger partial charge in [0.1, 0.15) is 11.9 Å². The van der Waals surface area contributed by atoms with Crippen molar-refractivity contribution in [2.75, 3.05) is 19.6 Å². The Kier molecular flexibility index (Phi) is 5.32. The van der Waals surface area contributed by atoms with Gasteiger partial charge in [0.15, 0.2) is 0 Å². The van der Waals surface area contributed by atoms with Crippen LogP contribution in [0.15, 0.2) is 24.3 Å². The van der Waals surface area contributed by atoms with E-state index in [1.165, 1.54) is 0 Å². The number of benzene rings is 1. The lowest BCUT2D eigenvalue weighted by atomic mass is 10.1. The first-order valence-corrected chi connectivity index (χ1v) is 10.1. The van der Waals surface area contributed by atoms with Crippen molar-refractivity contribution in [3.05, 3.63) is 29.3 Å². The molecule has 1 amide bonds. The van der Waals surface area contributed by atoms with E-state index >= 15 is 0 Å². The molecule has 0 bridgehead atoms. The van der Waals surface area contributed by atoms with Crippen LogP contribution in [0.4, 0.5) is 0 Å². The Morgan fingerprint density at radius 3 is 2.75 bits per heavy atom. The van der Waals surface area contributed by atoms with Crippen molar-refractivity contribution >= 4 is 27.5 Å². The Labute approximate surface area is 147 Å². The first-order chi connectivity index (χ1) is 11.5. The van der Waals surface area contributed by atoms with Gasteiger partial charge in [-0.2, -0.15) is 0 Å². The summed E-state index contributed by atoms with van der Waals surface area (Å²) in [5, 5.41) is 0.223. The van der Waals surface area contributed by atoms with E-state index in [9.17, 15) is 13.2 Å². The molecule has 2 fully saturated rings. The predicted molar refractivity (Wildman–Crippen MR) is 91.6 cm³/mol. The summed E-state index contributed by atoms with van der Waals surface area (Å²) in [7, 11) is -3.33. The molecule has 0 radical (unpaired) electrons. The average molecular weight is 373 g/mol. The minimum atomic E-state index is -3.33. The second-order valence-electron chi connectivity index (χ2n) is 6.22. The van der Waals surface area contributed by atoms with Gasteiger partial charge in [0.25, 0.3) is 0 Å². The van der Waals surface area contributed by atoms with Gasteiger partial charge >= 0.3 is 0 Å². The molecule has 1 heterocycles. The highest BCUT2D eigenvalue weighted by Gasteiger charge is 2.36. The van der Waals surface area contributed by atoms with Crippen molar-refractivity contribution in [3.8, 4) is 5.75 Å². The Bertz CT molecular complexity index is 706. The van der Waals surface area contributed by atoms with Crippen LogP contribution in [-0.4, -0.2) is 50.2 Å². The number of amides is 1. The molecule has 132 valence electrons. The molecule has 0 spiro atoms. The molecule has 0 aromatic heterocycles. The average Bonchev–Trinajstić information content (AvgIpc) is 3.41. The summed E-state index contributed by atoms with van der Waals surface area (Å²) in [5.74, 6) is 0.389. The number of para-hydroxylation sites is 1. The monoisotopic (exact) mass is 372 g/mol. The summed E-state index contributed by atoms with van der Waals surface area (Å²) in [6, 6.07) is 7.24. The number of sulfonamides is 1. The van der Waals surface area contributed by atoms with Gasteiger partial charge < -0.3 is 9.64 Å². The minimum Gasteiger partial charge on any atom is -0.487 e. The zero-order valence-electron chi connectivity index (χ0n) is 13.3. The molecule has 1 saturated carbocycles. The van der Waals surface area contributed by atoms with E-state index in [0.717, 1.165) is 12.8 Å². The highest BCUT2D eigenvalue weighted by Crippen LogP contribution is 2.28. The summed E-state index contributed by atoms with van der Waals surface area (Å²) in [6.07, 6.45) is 2.88. The zero-order valence-corrected chi connectivity index (χ0v) is 14.9. The molecule has 24 heavy (non-hydrogen) atoms. The number of piperidine rings is 1. The molecule has 8 heteroatoms. The number of carbonyl (C=O) groups excluding carboxylic acids is 1. The number of ether oxygens (including phenoxy) is 1. The largest absolute Gasteiger partial charge is 0.487 e. The molecule has 1 aliphatic carbocycles. The van der Waals surface area contributed by atoms with Crippen molar-refractivity contribution < 1.29 is 17.9 Å². The van der Waals surface area contributed by atoms with Crippen LogP contribution in [0.5, 0.6) is 5.75 Å². The summed E-state index contributed by atoms with van der Waals surface area (Å²) >= 11 is 6.10. The fourth-order valence-corrected chi connectivity index (χ4v) is 4.25. The molecule has 1 N–H and O–H groups in total. The standard InChI is InChI=1S/C16H21ClN2O4S/c17-14-5-1-2-6-15(14)23-12-4-3-9-19(11-12)16(20)10-18-24(21,22)13-7-8-13/h1-2,5-6,12-13,18H,3-4,7-11H2. The number of nitrogens with one attached hydrogen (secondary N) is 1. The van der Waals surface area contributed by atoms with E-state index < -0.39 is 10.0 Å². The SMILES string of the molecule is O=C(CNS(=O)(=O)C1CC1)N1CCCC(Oc2ccccc2Cl)C1. The third-order valence-electron chi connectivity index (χ3n) is 4.25. The van der Waals surface area contributed by atoms with E-state index in [2.05, 4.69) is 4.72 Å². The van der Waals surface area contributed by atoms with Crippen LogP contribution in [0.2, 0.25) is 5.02 Å². The second kappa shape index (κ2) is 7.29. The lowest BCUT2D eigenvalue weighted by Gasteiger charge is -2.33. The minimum absolute atomic E-state index is 0.136. The maximum Gasteiger partial charge on any atom is 0.237 e. The van der Waals surface area contributed by atoms with E-state index in [1.54, 1.807) is 17.0 Å². The molecule has 1 unspecified atom stereocenters. The quantitative estimate of drug-likeness (QED) is 0.826. The van der Waals surface area contributed by atoms with Crippen LogP contribution in [-0.2, 0) is 14.8 Å². The lowest BCUT2D eigenvalue weighted by Crippen LogP contribution is -2.48. The predicted octanol–water partition coefficient (Wildman–Crippen LogP) is 1.79. The Morgan fingerprint density at radius 2 is 2.04 bits per heavy atom. The molecular formula is C16H21ClN2O4S. The normalized spacial score (nSPS) is 21.5. The molecule has 2 aliphatic rings. The third-order valence-corrected chi connectivity index (χ3v) is 6.46. The summed E-state index contributed by atoms with van der Waals surface area (Å²) in [5.41, 5.74) is 0. The van der Waals surface area contributed by atoms with Crippen molar-refractivity contribution in [2.45, 2.75) is 37.0 Å². The van der Waals surface area contributed by atoms with Gasteiger partial charge in [-0.05, 0) is 37.8 Å². The number of rotatable bonds is 6. The molecule has 1 aromatic carbocycles. The third kappa shape index (κ3) is 4.40. The van der Waals surface area contributed by atoms with Gasteiger partial charge in [0, 0.05) is 6.54 Å². The van der Waals surface area contributed by atoms with E-state index in [1.807, 2.05) is 12.1 Å². The topological polar surface area (TPSA) is 75.7 Å². The maximum atomic E-state index is 12.3. The van der Waals surface area contributed by atoms with E-state index in [-0.39, 0.29) is 23.8 Å². The number of hydrogen-bond donors (Lipinski definition) is 1. The maximum absolute atomic E-state index is 12.3. The van der Waals surface area contributed by atoms with Crippen LogP contribution in [0.3, 0.4) is 0 Å². The van der Waals surface area contributed by atoms with Gasteiger partial charge in [0.05, 0.1) is 23.4 Å². The fourth-order valence-electron chi connectivity index (χ4n) is 2.75. The molecule has 3 rings (SSSR count). The van der Waals surface area contributed by atoms with Crippen LogP contribution >= 0.6 is 11.6 Å². The van der Waals surface area contributed by atoms with Crippen LogP contribution in [0.25, 0.3) is 0 Å². The summed E-state index contributed by atoms with van der Waals surface area (Å²) in [6.45, 7) is 0.874. The van der Waals surface area contributed by atoms with Gasteiger partial charge in [-0.15, -0.1) is 0 Å². The van der Waals surface area contributed by atoms with Gasteiger partial charge in [-0.25, -0.2) is 13.1 Å². The Morgan fingerprint density at radius 1 is 1.29 bits per heavy atom. The lowest BCUT2D eigenvalue weighted by molar-refractivity contribution is -0.132. The second-order valence-corrected chi connectivity index (χ2v) is 8.67. The highest BCUT2D eigenvalue weighted by molar-refractivity contribution is 7.90. The molecule has 1 aromatic rings. The Balaban J connectivity index is 1.53.